The summed E-state index contributed by atoms with van der Waals surface area (Å²) in [7, 11) is 0. The molecule has 2 rings (SSSR count). The molecule has 0 amide bonds. The van der Waals surface area contributed by atoms with E-state index in [1.807, 2.05) is 0 Å². The number of nitrogens with one attached hydrogen (secondary N) is 1. The van der Waals surface area contributed by atoms with Crippen LogP contribution in [-0.4, -0.2) is 17.9 Å². The Morgan fingerprint density at radius 1 is 0.864 bits per heavy atom. The van der Waals surface area contributed by atoms with Crippen LogP contribution in [0.5, 0.6) is 0 Å². The molecule has 2 fully saturated rings. The van der Waals surface area contributed by atoms with Crippen molar-refractivity contribution in [1.29, 1.82) is 0 Å². The Balaban J connectivity index is 1.47. The van der Waals surface area contributed by atoms with Crippen molar-refractivity contribution >= 4 is 5.78 Å². The molecule has 0 radical (unpaired) electrons. The van der Waals surface area contributed by atoms with Crippen LogP contribution in [0.4, 0.5) is 0 Å². The number of piperidine rings is 2. The number of fused-ring (bicyclic) bond motifs is 2. The number of carbonyl (C=O) groups excluding carboxylic acids is 1. The minimum Gasteiger partial charge on any atom is -0.311 e. The van der Waals surface area contributed by atoms with Gasteiger partial charge in [0, 0.05) is 24.4 Å². The maximum atomic E-state index is 12.4. The second-order valence-corrected chi connectivity index (χ2v) is 7.70. The third-order valence-electron chi connectivity index (χ3n) is 5.70. The van der Waals surface area contributed by atoms with E-state index in [0.29, 0.717) is 23.8 Å². The van der Waals surface area contributed by atoms with Crippen LogP contribution >= 0.6 is 0 Å². The van der Waals surface area contributed by atoms with Crippen LogP contribution in [0, 0.1) is 5.92 Å². The van der Waals surface area contributed by atoms with Crippen LogP contribution in [0.25, 0.3) is 0 Å². The molecular formula is C20H37NO. The molecule has 128 valence electrons. The van der Waals surface area contributed by atoms with Gasteiger partial charge in [0.05, 0.1) is 0 Å². The van der Waals surface area contributed by atoms with E-state index >= 15 is 0 Å². The fourth-order valence-corrected chi connectivity index (χ4v) is 4.34. The summed E-state index contributed by atoms with van der Waals surface area (Å²) in [5.74, 6) is 0.951. The summed E-state index contributed by atoms with van der Waals surface area (Å²) in [4.78, 5) is 12.4. The monoisotopic (exact) mass is 307 g/mol. The number of hydrogen-bond acceptors (Lipinski definition) is 2. The number of rotatable bonds is 11. The first kappa shape index (κ1) is 18.0. The molecule has 1 N–H and O–H groups in total. The van der Waals surface area contributed by atoms with Gasteiger partial charge >= 0.3 is 0 Å². The van der Waals surface area contributed by atoms with E-state index in [1.165, 1.54) is 70.6 Å². The van der Waals surface area contributed by atoms with Gasteiger partial charge in [-0.15, -0.1) is 0 Å². The molecule has 0 aromatic rings. The van der Waals surface area contributed by atoms with Gasteiger partial charge in [-0.1, -0.05) is 64.7 Å². The zero-order valence-corrected chi connectivity index (χ0v) is 14.7. The quantitative estimate of drug-likeness (QED) is 0.518. The Hall–Kier alpha value is -0.370. The van der Waals surface area contributed by atoms with E-state index < -0.39 is 0 Å². The standard InChI is InChI=1S/C20H37NO/c1-2-3-4-5-6-7-8-9-10-14-20(22)17-15-18-12-11-13-19(16-17)21-18/h17-19,21H,2-16H2,1H3. The Kier molecular flexibility index (Phi) is 8.51. The van der Waals surface area contributed by atoms with Crippen LogP contribution in [-0.2, 0) is 4.79 Å². The van der Waals surface area contributed by atoms with Gasteiger partial charge in [0.2, 0.25) is 0 Å². The van der Waals surface area contributed by atoms with Crippen molar-refractivity contribution in [3.63, 3.8) is 0 Å². The largest absolute Gasteiger partial charge is 0.311 e. The molecule has 0 aromatic heterocycles. The molecule has 2 aliphatic rings. The molecule has 0 spiro atoms. The van der Waals surface area contributed by atoms with Gasteiger partial charge < -0.3 is 5.32 Å². The highest BCUT2D eigenvalue weighted by atomic mass is 16.1. The Morgan fingerprint density at radius 2 is 1.41 bits per heavy atom. The number of unbranched alkanes of at least 4 members (excludes halogenated alkanes) is 8. The third-order valence-corrected chi connectivity index (χ3v) is 5.70. The summed E-state index contributed by atoms with van der Waals surface area (Å²) in [6.07, 6.45) is 19.1. The lowest BCUT2D eigenvalue weighted by Crippen LogP contribution is -2.50. The maximum Gasteiger partial charge on any atom is 0.136 e. The fourth-order valence-electron chi connectivity index (χ4n) is 4.34. The average Bonchev–Trinajstić information content (AvgIpc) is 2.52. The van der Waals surface area contributed by atoms with Gasteiger partial charge in [-0.05, 0) is 32.1 Å². The van der Waals surface area contributed by atoms with E-state index in [1.54, 1.807) is 0 Å². The van der Waals surface area contributed by atoms with Crippen LogP contribution in [0.2, 0.25) is 0 Å². The van der Waals surface area contributed by atoms with Crippen LogP contribution in [0.1, 0.15) is 103 Å². The van der Waals surface area contributed by atoms with Crippen molar-refractivity contribution < 1.29 is 4.79 Å². The van der Waals surface area contributed by atoms with Crippen molar-refractivity contribution in [3.05, 3.63) is 0 Å². The van der Waals surface area contributed by atoms with Crippen LogP contribution < -0.4 is 5.32 Å². The predicted molar refractivity (Wildman–Crippen MR) is 94.1 cm³/mol. The van der Waals surface area contributed by atoms with Crippen molar-refractivity contribution in [2.24, 2.45) is 5.92 Å². The Labute approximate surface area is 137 Å². The topological polar surface area (TPSA) is 29.1 Å². The first-order chi connectivity index (χ1) is 10.8. The minimum atomic E-state index is 0.380. The maximum absolute atomic E-state index is 12.4. The van der Waals surface area contributed by atoms with Crippen molar-refractivity contribution in [3.8, 4) is 0 Å². The molecule has 2 heterocycles. The third kappa shape index (κ3) is 6.40. The average molecular weight is 308 g/mol. The molecule has 2 unspecified atom stereocenters. The van der Waals surface area contributed by atoms with E-state index in [2.05, 4.69) is 12.2 Å². The van der Waals surface area contributed by atoms with E-state index in [4.69, 9.17) is 0 Å². The van der Waals surface area contributed by atoms with Crippen LogP contribution in [0.3, 0.4) is 0 Å². The molecule has 22 heavy (non-hydrogen) atoms. The summed E-state index contributed by atoms with van der Waals surface area (Å²) in [6.45, 7) is 2.27. The van der Waals surface area contributed by atoms with Crippen molar-refractivity contribution in [2.45, 2.75) is 115 Å². The molecule has 2 nitrogen and oxygen atoms in total. The molecule has 2 aliphatic heterocycles. The molecule has 2 saturated heterocycles. The van der Waals surface area contributed by atoms with Gasteiger partial charge in [-0.2, -0.15) is 0 Å². The van der Waals surface area contributed by atoms with E-state index in [0.717, 1.165) is 25.7 Å². The SMILES string of the molecule is CCCCCCCCCCCC(=O)C1CC2CCCC(C1)N2. The Bertz CT molecular complexity index is 303. The van der Waals surface area contributed by atoms with Crippen LogP contribution in [0.15, 0.2) is 0 Å². The predicted octanol–water partition coefficient (Wildman–Crippen LogP) is 5.40. The number of hydrogen-bond donors (Lipinski definition) is 1. The zero-order chi connectivity index (χ0) is 15.6. The summed E-state index contributed by atoms with van der Waals surface area (Å²) < 4.78 is 0. The highest BCUT2D eigenvalue weighted by molar-refractivity contribution is 5.81. The van der Waals surface area contributed by atoms with Crippen molar-refractivity contribution in [2.75, 3.05) is 0 Å². The summed E-state index contributed by atoms with van der Waals surface area (Å²) >= 11 is 0. The fraction of sp³-hybridized carbons (Fsp3) is 0.950. The van der Waals surface area contributed by atoms with Gasteiger partial charge in [0.25, 0.3) is 0 Å². The summed E-state index contributed by atoms with van der Waals surface area (Å²) in [6, 6.07) is 1.29. The minimum absolute atomic E-state index is 0.380. The highest BCUT2D eigenvalue weighted by Gasteiger charge is 2.33. The zero-order valence-electron chi connectivity index (χ0n) is 14.7. The first-order valence-electron chi connectivity index (χ1n) is 10.1. The van der Waals surface area contributed by atoms with Crippen molar-refractivity contribution in [1.82, 2.24) is 5.32 Å². The van der Waals surface area contributed by atoms with Gasteiger partial charge in [-0.3, -0.25) is 4.79 Å². The number of Topliss-reactive ketones (excluding diaryl/α,β-unsaturated/α-hetero) is 1. The summed E-state index contributed by atoms with van der Waals surface area (Å²) in [5.41, 5.74) is 0. The summed E-state index contributed by atoms with van der Waals surface area (Å²) in [5, 5.41) is 3.69. The Morgan fingerprint density at radius 3 is 2.00 bits per heavy atom. The first-order valence-corrected chi connectivity index (χ1v) is 10.1. The molecule has 2 bridgehead atoms. The number of ketones is 1. The molecule has 2 heteroatoms. The normalized spacial score (nSPS) is 27.8. The lowest BCUT2D eigenvalue weighted by Gasteiger charge is -2.39. The van der Waals surface area contributed by atoms with E-state index in [-0.39, 0.29) is 0 Å². The lowest BCUT2D eigenvalue weighted by molar-refractivity contribution is -0.124. The smallest absolute Gasteiger partial charge is 0.136 e. The van der Waals surface area contributed by atoms with Gasteiger partial charge in [0.1, 0.15) is 5.78 Å². The molecule has 0 aromatic carbocycles. The molecule has 0 saturated carbocycles. The molecule has 0 aliphatic carbocycles. The number of carbonyl (C=O) groups is 1. The molecule has 2 atom stereocenters. The second-order valence-electron chi connectivity index (χ2n) is 7.70. The van der Waals surface area contributed by atoms with E-state index in [9.17, 15) is 4.79 Å². The molecular weight excluding hydrogens is 270 g/mol. The van der Waals surface area contributed by atoms with Gasteiger partial charge in [-0.25, -0.2) is 0 Å². The lowest BCUT2D eigenvalue weighted by atomic mass is 9.77. The second kappa shape index (κ2) is 10.4. The highest BCUT2D eigenvalue weighted by Crippen LogP contribution is 2.31. The van der Waals surface area contributed by atoms with Gasteiger partial charge in [0.15, 0.2) is 0 Å².